The fourth-order valence-electron chi connectivity index (χ4n) is 2.65. The Balaban J connectivity index is 0.000000730. The molecule has 2 aromatic carbocycles. The van der Waals surface area contributed by atoms with Gasteiger partial charge in [-0.05, 0) is 42.2 Å². The second-order valence-electron chi connectivity index (χ2n) is 5.41. The normalized spacial score (nSPS) is 9.64. The number of aromatic nitrogens is 1. The number of H-pyrrole nitrogens is 1. The molecule has 25 heavy (non-hydrogen) atoms. The molecule has 0 saturated heterocycles. The van der Waals surface area contributed by atoms with Crippen molar-refractivity contribution in [3.05, 3.63) is 59.8 Å². The summed E-state index contributed by atoms with van der Waals surface area (Å²) in [6.45, 7) is 10.1. The van der Waals surface area contributed by atoms with Gasteiger partial charge in [0.15, 0.2) is 0 Å². The lowest BCUT2D eigenvalue weighted by Crippen LogP contribution is -2.10. The molecule has 0 saturated carbocycles. The van der Waals surface area contributed by atoms with Crippen LogP contribution < -0.4 is 5.73 Å². The van der Waals surface area contributed by atoms with Gasteiger partial charge in [0.1, 0.15) is 0 Å². The predicted molar refractivity (Wildman–Crippen MR) is 109 cm³/mol. The highest BCUT2D eigenvalue weighted by Crippen LogP contribution is 2.27. The molecule has 3 aromatic rings. The van der Waals surface area contributed by atoms with Crippen LogP contribution in [0.3, 0.4) is 0 Å². The van der Waals surface area contributed by atoms with Crippen LogP contribution >= 0.6 is 0 Å². The number of hydrogen-bond donors (Lipinski definition) is 2. The van der Waals surface area contributed by atoms with Crippen LogP contribution in [0.4, 0.5) is 0 Å². The first kappa shape index (κ1) is 20.5. The molecule has 0 aliphatic heterocycles. The molecule has 0 fully saturated rings. The van der Waals surface area contributed by atoms with E-state index in [2.05, 4.69) is 54.4 Å². The Morgan fingerprint density at radius 2 is 1.68 bits per heavy atom. The van der Waals surface area contributed by atoms with Crippen molar-refractivity contribution < 1.29 is 4.79 Å². The number of benzene rings is 2. The summed E-state index contributed by atoms with van der Waals surface area (Å²) in [6.07, 6.45) is 3.02. The van der Waals surface area contributed by atoms with Crippen molar-refractivity contribution in [2.45, 2.75) is 47.5 Å². The van der Waals surface area contributed by atoms with Crippen LogP contribution in [0.25, 0.3) is 22.0 Å². The van der Waals surface area contributed by atoms with Crippen molar-refractivity contribution >= 4 is 16.8 Å². The molecule has 3 nitrogen and oxygen atoms in total. The van der Waals surface area contributed by atoms with E-state index in [1.165, 1.54) is 16.7 Å². The van der Waals surface area contributed by atoms with Crippen molar-refractivity contribution in [2.24, 2.45) is 5.73 Å². The van der Waals surface area contributed by atoms with Crippen LogP contribution in [0.1, 0.15) is 45.2 Å². The van der Waals surface area contributed by atoms with Crippen molar-refractivity contribution in [1.29, 1.82) is 0 Å². The SMILES string of the molecule is CC.CC.Cc1cccc(-c2ccc3[nH]cc(CCC(N)=O)c3c2)c1. The van der Waals surface area contributed by atoms with Gasteiger partial charge in [-0.2, -0.15) is 0 Å². The smallest absolute Gasteiger partial charge is 0.217 e. The molecule has 3 N–H and O–H groups in total. The zero-order valence-corrected chi connectivity index (χ0v) is 16.0. The lowest BCUT2D eigenvalue weighted by atomic mass is 10.00. The maximum absolute atomic E-state index is 11.0. The minimum absolute atomic E-state index is 0.265. The molecule has 0 aliphatic rings. The van der Waals surface area contributed by atoms with Crippen LogP contribution in [0.15, 0.2) is 48.7 Å². The molecule has 0 radical (unpaired) electrons. The van der Waals surface area contributed by atoms with E-state index in [0.29, 0.717) is 12.8 Å². The summed E-state index contributed by atoms with van der Waals surface area (Å²) in [5, 5.41) is 1.16. The van der Waals surface area contributed by atoms with Crippen LogP contribution in [-0.2, 0) is 11.2 Å². The number of rotatable bonds is 4. The van der Waals surface area contributed by atoms with E-state index in [1.807, 2.05) is 33.9 Å². The maximum atomic E-state index is 11.0. The highest BCUT2D eigenvalue weighted by molar-refractivity contribution is 5.88. The first-order valence-electron chi connectivity index (χ1n) is 9.09. The molecule has 1 amide bonds. The molecule has 1 heterocycles. The molecule has 0 spiro atoms. The number of amides is 1. The molecular formula is C22H30N2O. The van der Waals surface area contributed by atoms with E-state index < -0.39 is 0 Å². The van der Waals surface area contributed by atoms with Crippen molar-refractivity contribution in [3.63, 3.8) is 0 Å². The monoisotopic (exact) mass is 338 g/mol. The van der Waals surface area contributed by atoms with Crippen molar-refractivity contribution in [3.8, 4) is 11.1 Å². The lowest BCUT2D eigenvalue weighted by molar-refractivity contribution is -0.117. The van der Waals surface area contributed by atoms with Crippen LogP contribution in [0.5, 0.6) is 0 Å². The third kappa shape index (κ3) is 5.49. The summed E-state index contributed by atoms with van der Waals surface area (Å²) in [7, 11) is 0. The van der Waals surface area contributed by atoms with Gasteiger partial charge >= 0.3 is 0 Å². The summed E-state index contributed by atoms with van der Waals surface area (Å²) in [5.74, 6) is -0.265. The van der Waals surface area contributed by atoms with E-state index >= 15 is 0 Å². The first-order valence-corrected chi connectivity index (χ1v) is 9.09. The van der Waals surface area contributed by atoms with Gasteiger partial charge in [0.05, 0.1) is 0 Å². The van der Waals surface area contributed by atoms with Gasteiger partial charge in [-0.25, -0.2) is 0 Å². The molecule has 3 rings (SSSR count). The summed E-state index contributed by atoms with van der Waals surface area (Å²) < 4.78 is 0. The fourth-order valence-corrected chi connectivity index (χ4v) is 2.65. The third-order valence-corrected chi connectivity index (χ3v) is 3.76. The molecule has 0 unspecified atom stereocenters. The number of carbonyl (C=O) groups excluding carboxylic acids is 1. The summed E-state index contributed by atoms with van der Waals surface area (Å²) in [4.78, 5) is 14.2. The second-order valence-corrected chi connectivity index (χ2v) is 5.41. The Kier molecular flexibility index (Phi) is 8.48. The Bertz CT molecular complexity index is 803. The Labute approximate surface area is 151 Å². The van der Waals surface area contributed by atoms with Gasteiger partial charge in [-0.15, -0.1) is 0 Å². The number of aromatic amines is 1. The maximum Gasteiger partial charge on any atom is 0.217 e. The number of nitrogens with one attached hydrogen (secondary N) is 1. The Morgan fingerprint density at radius 1 is 1.00 bits per heavy atom. The topological polar surface area (TPSA) is 58.9 Å². The number of nitrogens with two attached hydrogens (primary N) is 1. The van der Waals surface area contributed by atoms with E-state index in [4.69, 9.17) is 5.73 Å². The standard InChI is InChI=1S/C18H18N2O.2C2H6/c1-12-3-2-4-13(9-12)14-5-7-17-16(10-14)15(11-20-17)6-8-18(19)21;2*1-2/h2-5,7,9-11,20H,6,8H2,1H3,(H2,19,21);2*1-2H3. The largest absolute Gasteiger partial charge is 0.370 e. The average molecular weight is 338 g/mol. The molecular weight excluding hydrogens is 308 g/mol. The number of hydrogen-bond acceptors (Lipinski definition) is 1. The fraction of sp³-hybridized carbons (Fsp3) is 0.318. The minimum Gasteiger partial charge on any atom is -0.370 e. The molecule has 0 bridgehead atoms. The number of carbonyl (C=O) groups is 1. The average Bonchev–Trinajstić information content (AvgIpc) is 3.05. The highest BCUT2D eigenvalue weighted by atomic mass is 16.1. The Hall–Kier alpha value is -2.55. The Morgan fingerprint density at radius 3 is 2.32 bits per heavy atom. The van der Waals surface area contributed by atoms with E-state index in [9.17, 15) is 4.79 Å². The van der Waals surface area contributed by atoms with Crippen molar-refractivity contribution in [1.82, 2.24) is 4.98 Å². The lowest BCUT2D eigenvalue weighted by Gasteiger charge is -2.04. The van der Waals surface area contributed by atoms with Crippen molar-refractivity contribution in [2.75, 3.05) is 0 Å². The molecule has 1 aromatic heterocycles. The molecule has 3 heteroatoms. The van der Waals surface area contributed by atoms with Crippen LogP contribution in [-0.4, -0.2) is 10.9 Å². The molecule has 0 atom stereocenters. The van der Waals surface area contributed by atoms with Crippen LogP contribution in [0, 0.1) is 6.92 Å². The van der Waals surface area contributed by atoms with Crippen LogP contribution in [0.2, 0.25) is 0 Å². The van der Waals surface area contributed by atoms with Gasteiger partial charge in [-0.3, -0.25) is 4.79 Å². The van der Waals surface area contributed by atoms with E-state index in [0.717, 1.165) is 16.5 Å². The zero-order valence-electron chi connectivity index (χ0n) is 16.0. The predicted octanol–water partition coefficient (Wildman–Crippen LogP) is 5.61. The quantitative estimate of drug-likeness (QED) is 0.638. The highest BCUT2D eigenvalue weighted by Gasteiger charge is 2.07. The minimum atomic E-state index is -0.265. The van der Waals surface area contributed by atoms with Gasteiger partial charge in [0.25, 0.3) is 0 Å². The zero-order chi connectivity index (χ0) is 18.8. The first-order chi connectivity index (χ1) is 12.1. The number of aryl methyl sites for hydroxylation is 2. The van der Waals surface area contributed by atoms with E-state index in [1.54, 1.807) is 0 Å². The summed E-state index contributed by atoms with van der Waals surface area (Å²) in [5.41, 5.74) is 11.1. The molecule has 134 valence electrons. The summed E-state index contributed by atoms with van der Waals surface area (Å²) >= 11 is 0. The summed E-state index contributed by atoms with van der Waals surface area (Å²) in [6, 6.07) is 14.8. The molecule has 0 aliphatic carbocycles. The van der Waals surface area contributed by atoms with Gasteiger partial charge in [-0.1, -0.05) is 63.6 Å². The van der Waals surface area contributed by atoms with Gasteiger partial charge in [0.2, 0.25) is 5.91 Å². The van der Waals surface area contributed by atoms with Gasteiger partial charge < -0.3 is 10.7 Å². The van der Waals surface area contributed by atoms with E-state index in [-0.39, 0.29) is 5.91 Å². The van der Waals surface area contributed by atoms with Gasteiger partial charge in [0, 0.05) is 23.5 Å². The number of primary amides is 1. The second kappa shape index (κ2) is 10.3. The third-order valence-electron chi connectivity index (χ3n) is 3.76. The number of fused-ring (bicyclic) bond motifs is 1.